The van der Waals surface area contributed by atoms with Gasteiger partial charge in [0.2, 0.25) is 0 Å². The lowest BCUT2D eigenvalue weighted by Gasteiger charge is -2.15. The van der Waals surface area contributed by atoms with Crippen molar-refractivity contribution >= 4 is 17.7 Å². The minimum Gasteiger partial charge on any atom is -0.469 e. The average Bonchev–Trinajstić information content (AvgIpc) is 2.35. The molecule has 0 N–H and O–H groups in total. The molecule has 1 aliphatic rings. The predicted octanol–water partition coefficient (Wildman–Crippen LogP) is 2.83. The van der Waals surface area contributed by atoms with Crippen LogP contribution >= 0.6 is 11.8 Å². The highest BCUT2D eigenvalue weighted by Crippen LogP contribution is 2.30. The molecule has 16 heavy (non-hydrogen) atoms. The fraction of sp³-hybridized carbons (Fsp3) is 0.462. The normalized spacial score (nSPS) is 14.3. The maximum Gasteiger partial charge on any atom is 0.305 e. The van der Waals surface area contributed by atoms with Gasteiger partial charge in [-0.25, -0.2) is 0 Å². The van der Waals surface area contributed by atoms with Crippen molar-refractivity contribution in [3.05, 3.63) is 29.3 Å². The van der Waals surface area contributed by atoms with Crippen LogP contribution in [0.4, 0.5) is 0 Å². The van der Waals surface area contributed by atoms with Gasteiger partial charge in [0.05, 0.1) is 7.11 Å². The first kappa shape index (κ1) is 11.5. The molecule has 0 radical (unpaired) electrons. The summed E-state index contributed by atoms with van der Waals surface area (Å²) in [6, 6.07) is 6.55. The monoisotopic (exact) mass is 236 g/mol. The number of ether oxygens (including phenoxy) is 1. The van der Waals surface area contributed by atoms with E-state index in [1.807, 2.05) is 11.8 Å². The van der Waals surface area contributed by atoms with Crippen LogP contribution in [0.1, 0.15) is 24.0 Å². The summed E-state index contributed by atoms with van der Waals surface area (Å²) in [5.41, 5.74) is 2.69. The topological polar surface area (TPSA) is 26.3 Å². The van der Waals surface area contributed by atoms with Crippen molar-refractivity contribution in [2.24, 2.45) is 0 Å². The molecule has 0 fully saturated rings. The van der Waals surface area contributed by atoms with Crippen molar-refractivity contribution in [2.45, 2.75) is 30.6 Å². The van der Waals surface area contributed by atoms with E-state index >= 15 is 0 Å². The van der Waals surface area contributed by atoms with Crippen molar-refractivity contribution < 1.29 is 9.53 Å². The molecule has 0 aromatic heterocycles. The van der Waals surface area contributed by atoms with E-state index in [-0.39, 0.29) is 5.97 Å². The number of rotatable bonds is 3. The zero-order valence-electron chi connectivity index (χ0n) is 9.49. The third kappa shape index (κ3) is 2.79. The molecule has 3 heteroatoms. The summed E-state index contributed by atoms with van der Waals surface area (Å²) in [5, 5.41) is 0. The number of aryl methyl sites for hydroxylation is 2. The number of esters is 1. The van der Waals surface area contributed by atoms with Crippen molar-refractivity contribution in [1.29, 1.82) is 0 Å². The third-order valence-electron chi connectivity index (χ3n) is 2.82. The Labute approximate surface area is 100 Å². The van der Waals surface area contributed by atoms with Crippen molar-refractivity contribution in [3.8, 4) is 0 Å². The molecular formula is C13H16O2S. The van der Waals surface area contributed by atoms with Crippen LogP contribution < -0.4 is 0 Å². The first-order valence-corrected chi connectivity index (χ1v) is 6.59. The third-order valence-corrected chi connectivity index (χ3v) is 4.02. The lowest BCUT2D eigenvalue weighted by atomic mass is 10.0. The lowest BCUT2D eigenvalue weighted by molar-refractivity contribution is -0.140. The zero-order valence-corrected chi connectivity index (χ0v) is 10.3. The van der Waals surface area contributed by atoms with E-state index in [0.29, 0.717) is 6.42 Å². The van der Waals surface area contributed by atoms with E-state index < -0.39 is 0 Å². The fourth-order valence-electron chi connectivity index (χ4n) is 1.92. The fourth-order valence-corrected chi connectivity index (χ4v) is 2.94. The van der Waals surface area contributed by atoms with Gasteiger partial charge in [-0.05, 0) is 42.2 Å². The van der Waals surface area contributed by atoms with Gasteiger partial charge in [0.1, 0.15) is 0 Å². The van der Waals surface area contributed by atoms with Crippen molar-refractivity contribution in [2.75, 3.05) is 12.9 Å². The summed E-state index contributed by atoms with van der Waals surface area (Å²) < 4.78 is 4.64. The standard InChI is InChI=1S/C13H16O2S/c1-15-13(14)7-5-10-4-6-12-11(9-10)3-2-8-16-12/h4,6,9H,2-3,5,7-8H2,1H3. The van der Waals surface area contributed by atoms with E-state index in [4.69, 9.17) is 0 Å². The second-order valence-electron chi connectivity index (χ2n) is 3.97. The number of thioether (sulfide) groups is 1. The van der Waals surface area contributed by atoms with E-state index in [0.717, 1.165) is 6.42 Å². The highest BCUT2D eigenvalue weighted by molar-refractivity contribution is 7.99. The van der Waals surface area contributed by atoms with Crippen LogP contribution in [-0.4, -0.2) is 18.8 Å². The molecule has 1 aliphatic heterocycles. The molecule has 0 amide bonds. The van der Waals surface area contributed by atoms with Gasteiger partial charge < -0.3 is 4.74 Å². The summed E-state index contributed by atoms with van der Waals surface area (Å²) in [5.74, 6) is 1.10. The maximum absolute atomic E-state index is 11.0. The molecule has 0 atom stereocenters. The van der Waals surface area contributed by atoms with E-state index in [1.54, 1.807) is 0 Å². The average molecular weight is 236 g/mol. The number of methoxy groups -OCH3 is 1. The molecule has 0 spiro atoms. The van der Waals surface area contributed by atoms with Gasteiger partial charge in [-0.15, -0.1) is 11.8 Å². The van der Waals surface area contributed by atoms with Crippen LogP contribution in [0.3, 0.4) is 0 Å². The molecule has 0 bridgehead atoms. The number of hydrogen-bond donors (Lipinski definition) is 0. The Bertz CT molecular complexity index is 388. The molecular weight excluding hydrogens is 220 g/mol. The predicted molar refractivity (Wildman–Crippen MR) is 65.8 cm³/mol. The summed E-state index contributed by atoms with van der Waals surface area (Å²) in [6.45, 7) is 0. The molecule has 1 aromatic carbocycles. The van der Waals surface area contributed by atoms with Gasteiger partial charge in [0.15, 0.2) is 0 Å². The second-order valence-corrected chi connectivity index (χ2v) is 5.11. The van der Waals surface area contributed by atoms with Gasteiger partial charge in [-0.2, -0.15) is 0 Å². The van der Waals surface area contributed by atoms with Crippen molar-refractivity contribution in [3.63, 3.8) is 0 Å². The number of benzene rings is 1. The molecule has 2 rings (SSSR count). The number of carbonyl (C=O) groups excluding carboxylic acids is 1. The summed E-state index contributed by atoms with van der Waals surface area (Å²) >= 11 is 1.93. The first-order valence-electron chi connectivity index (χ1n) is 5.61. The van der Waals surface area contributed by atoms with Crippen LogP contribution in [0.15, 0.2) is 23.1 Å². The quantitative estimate of drug-likeness (QED) is 0.755. The van der Waals surface area contributed by atoms with Gasteiger partial charge in [-0.1, -0.05) is 12.1 Å². The van der Waals surface area contributed by atoms with Gasteiger partial charge in [0.25, 0.3) is 0 Å². The molecule has 0 aliphatic carbocycles. The number of carbonyl (C=O) groups is 1. The van der Waals surface area contributed by atoms with Crippen LogP contribution in [-0.2, 0) is 22.4 Å². The second kappa shape index (κ2) is 5.39. The Hall–Kier alpha value is -0.960. The SMILES string of the molecule is COC(=O)CCc1ccc2c(c1)CCCS2. The van der Waals surface area contributed by atoms with E-state index in [2.05, 4.69) is 22.9 Å². The Morgan fingerprint density at radius 2 is 2.38 bits per heavy atom. The minimum absolute atomic E-state index is 0.132. The molecule has 1 aromatic rings. The largest absolute Gasteiger partial charge is 0.469 e. The van der Waals surface area contributed by atoms with E-state index in [1.165, 1.54) is 41.7 Å². The Balaban J connectivity index is 2.03. The molecule has 0 unspecified atom stereocenters. The Kier molecular flexibility index (Phi) is 3.88. The van der Waals surface area contributed by atoms with Crippen LogP contribution in [0, 0.1) is 0 Å². The zero-order chi connectivity index (χ0) is 11.4. The first-order chi connectivity index (χ1) is 7.79. The molecule has 0 saturated carbocycles. The molecule has 2 nitrogen and oxygen atoms in total. The van der Waals surface area contributed by atoms with Crippen LogP contribution in [0.2, 0.25) is 0 Å². The van der Waals surface area contributed by atoms with Gasteiger partial charge in [0, 0.05) is 11.3 Å². The highest BCUT2D eigenvalue weighted by Gasteiger charge is 2.10. The van der Waals surface area contributed by atoms with E-state index in [9.17, 15) is 4.79 Å². The summed E-state index contributed by atoms with van der Waals surface area (Å²) in [7, 11) is 1.44. The summed E-state index contributed by atoms with van der Waals surface area (Å²) in [4.78, 5) is 12.5. The molecule has 0 saturated heterocycles. The van der Waals surface area contributed by atoms with Crippen LogP contribution in [0.5, 0.6) is 0 Å². The maximum atomic E-state index is 11.0. The number of fused-ring (bicyclic) bond motifs is 1. The Morgan fingerprint density at radius 3 is 3.19 bits per heavy atom. The van der Waals surface area contributed by atoms with Crippen LogP contribution in [0.25, 0.3) is 0 Å². The molecule has 86 valence electrons. The van der Waals surface area contributed by atoms with Gasteiger partial charge >= 0.3 is 5.97 Å². The van der Waals surface area contributed by atoms with Crippen molar-refractivity contribution in [1.82, 2.24) is 0 Å². The molecule has 1 heterocycles. The minimum atomic E-state index is -0.132. The lowest BCUT2D eigenvalue weighted by Crippen LogP contribution is -2.03. The summed E-state index contributed by atoms with van der Waals surface area (Å²) in [6.07, 6.45) is 3.69. The smallest absolute Gasteiger partial charge is 0.305 e. The number of hydrogen-bond acceptors (Lipinski definition) is 3. The Morgan fingerprint density at radius 1 is 1.50 bits per heavy atom. The van der Waals surface area contributed by atoms with Gasteiger partial charge in [-0.3, -0.25) is 4.79 Å². The highest BCUT2D eigenvalue weighted by atomic mass is 32.2.